The average Bonchev–Trinajstić information content (AvgIpc) is 3.29. The number of anilines is 1. The summed E-state index contributed by atoms with van der Waals surface area (Å²) < 4.78 is 6.47. The van der Waals surface area contributed by atoms with Crippen LogP contribution in [0.3, 0.4) is 0 Å². The minimum Gasteiger partial charge on any atom is -0.494 e. The molecule has 5 rings (SSSR count). The van der Waals surface area contributed by atoms with Crippen molar-refractivity contribution in [2.45, 2.75) is 50.1 Å². The maximum absolute atomic E-state index is 13.2. The van der Waals surface area contributed by atoms with Crippen molar-refractivity contribution in [3.8, 4) is 5.75 Å². The van der Waals surface area contributed by atoms with E-state index in [1.807, 2.05) is 19.1 Å². The number of thioether (sulfide) groups is 1. The number of ketones is 1. The van der Waals surface area contributed by atoms with Crippen molar-refractivity contribution in [3.05, 3.63) is 46.5 Å². The Morgan fingerprint density at radius 3 is 2.82 bits per heavy atom. The molecule has 2 heterocycles. The SMILES string of the molecule is COc1ccc(C)c2sc(C(=O)[C@H]3CC[C@H](NCc4ccc5c(c4)NC(=O)CS5)CC3)nc12. The molecule has 6 nitrogen and oxygen atoms in total. The van der Waals surface area contributed by atoms with Gasteiger partial charge in [-0.25, -0.2) is 4.98 Å². The number of carbonyl (C=O) groups excluding carboxylic acids is 2. The number of methoxy groups -OCH3 is 1. The van der Waals surface area contributed by atoms with Gasteiger partial charge in [0.15, 0.2) is 10.8 Å². The first kappa shape index (κ1) is 22.4. The lowest BCUT2D eigenvalue weighted by Crippen LogP contribution is -2.34. The van der Waals surface area contributed by atoms with E-state index in [2.05, 4.69) is 33.8 Å². The Balaban J connectivity index is 1.18. The van der Waals surface area contributed by atoms with E-state index in [0.29, 0.717) is 16.8 Å². The van der Waals surface area contributed by atoms with Crippen LogP contribution in [0.5, 0.6) is 5.75 Å². The summed E-state index contributed by atoms with van der Waals surface area (Å²) in [5, 5.41) is 7.19. The number of hydrogen-bond acceptors (Lipinski definition) is 7. The van der Waals surface area contributed by atoms with Gasteiger partial charge < -0.3 is 15.4 Å². The van der Waals surface area contributed by atoms with Crippen LogP contribution in [-0.2, 0) is 11.3 Å². The number of nitrogens with one attached hydrogen (secondary N) is 2. The Kier molecular flexibility index (Phi) is 6.40. The van der Waals surface area contributed by atoms with Gasteiger partial charge in [0.25, 0.3) is 0 Å². The highest BCUT2D eigenvalue weighted by Crippen LogP contribution is 2.36. The Labute approximate surface area is 201 Å². The largest absolute Gasteiger partial charge is 0.494 e. The van der Waals surface area contributed by atoms with E-state index in [9.17, 15) is 9.59 Å². The third-order valence-corrected chi connectivity index (χ3v) is 8.78. The van der Waals surface area contributed by atoms with Crippen LogP contribution in [0.2, 0.25) is 0 Å². The van der Waals surface area contributed by atoms with Crippen LogP contribution in [0.4, 0.5) is 5.69 Å². The minimum atomic E-state index is 0.0332. The van der Waals surface area contributed by atoms with Crippen molar-refractivity contribution >= 4 is 50.7 Å². The minimum absolute atomic E-state index is 0.0332. The highest BCUT2D eigenvalue weighted by atomic mass is 32.2. The van der Waals surface area contributed by atoms with E-state index in [0.717, 1.165) is 69.9 Å². The van der Waals surface area contributed by atoms with Gasteiger partial charge in [0.2, 0.25) is 5.91 Å². The van der Waals surface area contributed by atoms with Gasteiger partial charge in [-0.3, -0.25) is 9.59 Å². The molecule has 1 aliphatic carbocycles. The van der Waals surface area contributed by atoms with Crippen molar-refractivity contribution in [2.75, 3.05) is 18.2 Å². The second kappa shape index (κ2) is 9.44. The lowest BCUT2D eigenvalue weighted by molar-refractivity contribution is -0.113. The van der Waals surface area contributed by atoms with Crippen molar-refractivity contribution in [3.63, 3.8) is 0 Å². The molecule has 8 heteroatoms. The van der Waals surface area contributed by atoms with E-state index in [1.165, 1.54) is 11.3 Å². The van der Waals surface area contributed by atoms with Gasteiger partial charge in [0.05, 0.1) is 23.2 Å². The summed E-state index contributed by atoms with van der Waals surface area (Å²) >= 11 is 3.07. The van der Waals surface area contributed by atoms with Crippen LogP contribution in [0.25, 0.3) is 10.2 Å². The number of Topliss-reactive ketones (excluding diaryl/α,β-unsaturated/α-hetero) is 1. The van der Waals surface area contributed by atoms with E-state index >= 15 is 0 Å². The van der Waals surface area contributed by atoms with Gasteiger partial charge in [0, 0.05) is 23.4 Å². The molecular weight excluding hydrogens is 454 g/mol. The molecule has 2 N–H and O–H groups in total. The predicted octanol–water partition coefficient (Wildman–Crippen LogP) is 5.19. The van der Waals surface area contributed by atoms with Crippen LogP contribution in [-0.4, -0.2) is 35.6 Å². The molecule has 3 aromatic rings. The van der Waals surface area contributed by atoms with Gasteiger partial charge in [0.1, 0.15) is 11.3 Å². The van der Waals surface area contributed by atoms with Crippen molar-refractivity contribution in [1.29, 1.82) is 0 Å². The van der Waals surface area contributed by atoms with Gasteiger partial charge in [-0.2, -0.15) is 0 Å². The number of aryl methyl sites for hydroxylation is 1. The van der Waals surface area contributed by atoms with Crippen LogP contribution < -0.4 is 15.4 Å². The van der Waals surface area contributed by atoms with Crippen LogP contribution >= 0.6 is 23.1 Å². The fourth-order valence-corrected chi connectivity index (χ4v) is 6.47. The Bertz CT molecular complexity index is 1220. The Morgan fingerprint density at radius 1 is 1.21 bits per heavy atom. The fraction of sp³-hybridized carbons (Fsp3) is 0.400. The molecular formula is C25H27N3O3S2. The molecule has 0 atom stereocenters. The van der Waals surface area contributed by atoms with Gasteiger partial charge >= 0.3 is 0 Å². The van der Waals surface area contributed by atoms with Gasteiger partial charge in [-0.15, -0.1) is 23.1 Å². The molecule has 1 amide bonds. The molecule has 1 aliphatic heterocycles. The summed E-state index contributed by atoms with van der Waals surface area (Å²) in [7, 11) is 1.64. The molecule has 2 aliphatic rings. The Hall–Kier alpha value is -2.42. The van der Waals surface area contributed by atoms with E-state index in [4.69, 9.17) is 4.74 Å². The first-order valence-corrected chi connectivity index (χ1v) is 13.1. The predicted molar refractivity (Wildman–Crippen MR) is 134 cm³/mol. The molecule has 0 unspecified atom stereocenters. The van der Waals surface area contributed by atoms with Crippen molar-refractivity contribution in [1.82, 2.24) is 10.3 Å². The van der Waals surface area contributed by atoms with Gasteiger partial charge in [-0.1, -0.05) is 12.1 Å². The molecule has 0 spiro atoms. The number of benzene rings is 2. The number of thiazole rings is 1. The maximum atomic E-state index is 13.2. The normalized spacial score (nSPS) is 20.4. The number of aromatic nitrogens is 1. The standard InChI is InChI=1S/C25H27N3O3S2/c1-14-3-9-19(31-2)22-24(14)33-25(28-22)23(30)16-5-7-17(8-6-16)26-12-15-4-10-20-18(11-15)27-21(29)13-32-20/h3-4,9-11,16-17,26H,5-8,12-13H2,1-2H3,(H,27,29)/t16-,17-. The molecule has 2 aromatic carbocycles. The molecule has 1 fully saturated rings. The lowest BCUT2D eigenvalue weighted by atomic mass is 9.83. The number of fused-ring (bicyclic) bond motifs is 2. The quantitative estimate of drug-likeness (QED) is 0.472. The number of hydrogen-bond donors (Lipinski definition) is 2. The number of rotatable bonds is 6. The van der Waals surface area contributed by atoms with E-state index < -0.39 is 0 Å². The van der Waals surface area contributed by atoms with Crippen LogP contribution in [0.15, 0.2) is 35.2 Å². The zero-order valence-corrected chi connectivity index (χ0v) is 20.4. The molecule has 0 radical (unpaired) electrons. The van der Waals surface area contributed by atoms with Crippen molar-refractivity contribution < 1.29 is 14.3 Å². The number of ether oxygens (including phenoxy) is 1. The lowest BCUT2D eigenvalue weighted by Gasteiger charge is -2.28. The molecule has 172 valence electrons. The molecule has 0 saturated heterocycles. The van der Waals surface area contributed by atoms with Gasteiger partial charge in [-0.05, 0) is 61.9 Å². The number of amides is 1. The summed E-state index contributed by atoms with van der Waals surface area (Å²) in [5.41, 5.74) is 3.98. The Morgan fingerprint density at radius 2 is 2.03 bits per heavy atom. The molecule has 0 bridgehead atoms. The highest BCUT2D eigenvalue weighted by molar-refractivity contribution is 8.00. The zero-order valence-electron chi connectivity index (χ0n) is 18.8. The van der Waals surface area contributed by atoms with Crippen LogP contribution in [0, 0.1) is 12.8 Å². The monoisotopic (exact) mass is 481 g/mol. The van der Waals surface area contributed by atoms with E-state index in [-0.39, 0.29) is 17.6 Å². The third-order valence-electron chi connectivity index (χ3n) is 6.50. The summed E-state index contributed by atoms with van der Waals surface area (Å²) in [6.07, 6.45) is 3.70. The van der Waals surface area contributed by atoms with E-state index in [1.54, 1.807) is 18.9 Å². The maximum Gasteiger partial charge on any atom is 0.234 e. The average molecular weight is 482 g/mol. The zero-order chi connectivity index (χ0) is 22.9. The highest BCUT2D eigenvalue weighted by Gasteiger charge is 2.29. The molecule has 1 aromatic heterocycles. The van der Waals surface area contributed by atoms with Crippen molar-refractivity contribution in [2.24, 2.45) is 5.92 Å². The summed E-state index contributed by atoms with van der Waals surface area (Å²) in [5.74, 6) is 1.46. The number of nitrogens with zero attached hydrogens (tertiary/aromatic N) is 1. The second-order valence-corrected chi connectivity index (χ2v) is 10.8. The smallest absolute Gasteiger partial charge is 0.234 e. The van der Waals surface area contributed by atoms with Crippen LogP contribution in [0.1, 0.15) is 46.6 Å². The molecule has 33 heavy (non-hydrogen) atoms. The first-order chi connectivity index (χ1) is 16.0. The summed E-state index contributed by atoms with van der Waals surface area (Å²) in [4.78, 5) is 30.6. The number of carbonyl (C=O) groups is 2. The topological polar surface area (TPSA) is 80.3 Å². The third kappa shape index (κ3) is 4.65. The summed E-state index contributed by atoms with van der Waals surface area (Å²) in [6.45, 7) is 2.80. The molecule has 1 saturated carbocycles. The second-order valence-electron chi connectivity index (χ2n) is 8.74. The first-order valence-electron chi connectivity index (χ1n) is 11.3. The summed E-state index contributed by atoms with van der Waals surface area (Å²) in [6, 6.07) is 10.6. The fourth-order valence-electron chi connectivity index (χ4n) is 4.62.